The number of aromatic hydroxyl groups is 1. The predicted octanol–water partition coefficient (Wildman–Crippen LogP) is 5.96. The van der Waals surface area contributed by atoms with E-state index in [-0.39, 0.29) is 37.3 Å². The maximum absolute atomic E-state index is 13.8. The number of carbonyl (C=O) groups is 2. The van der Waals surface area contributed by atoms with Crippen LogP contribution in [0.4, 0.5) is 13.9 Å². The van der Waals surface area contributed by atoms with E-state index in [4.69, 9.17) is 16.3 Å². The maximum atomic E-state index is 13.8. The maximum Gasteiger partial charge on any atom is 0.301 e. The van der Waals surface area contributed by atoms with Crippen LogP contribution in [0.25, 0.3) is 16.0 Å². The van der Waals surface area contributed by atoms with Gasteiger partial charge in [0.2, 0.25) is 0 Å². The molecule has 1 aliphatic rings. The number of carbonyl (C=O) groups excluding carboxylic acids is 2. The van der Waals surface area contributed by atoms with Gasteiger partial charge in [0.25, 0.3) is 5.78 Å². The van der Waals surface area contributed by atoms with Crippen molar-refractivity contribution in [3.8, 4) is 11.5 Å². The molecule has 0 saturated carbocycles. The number of hydrogen-bond acceptors (Lipinski definition) is 7. The van der Waals surface area contributed by atoms with Crippen molar-refractivity contribution in [3.05, 3.63) is 88.0 Å². The van der Waals surface area contributed by atoms with Crippen molar-refractivity contribution in [2.45, 2.75) is 13.0 Å². The highest BCUT2D eigenvalue weighted by atomic mass is 35.5. The van der Waals surface area contributed by atoms with E-state index in [1.165, 1.54) is 36.4 Å². The van der Waals surface area contributed by atoms with Gasteiger partial charge in [-0.3, -0.25) is 14.5 Å². The van der Waals surface area contributed by atoms with Crippen molar-refractivity contribution in [3.63, 3.8) is 0 Å². The number of phenolic OH excluding ortho intramolecular Hbond substituents is 1. The van der Waals surface area contributed by atoms with E-state index in [1.54, 1.807) is 13.0 Å². The average molecular weight is 543 g/mol. The van der Waals surface area contributed by atoms with Crippen LogP contribution in [0.2, 0.25) is 5.02 Å². The Morgan fingerprint density at radius 2 is 1.81 bits per heavy atom. The minimum Gasteiger partial charge on any atom is -0.508 e. The number of aliphatic hydroxyl groups excluding tert-OH is 1. The van der Waals surface area contributed by atoms with Gasteiger partial charge in [-0.25, -0.2) is 13.8 Å². The lowest BCUT2D eigenvalue weighted by Crippen LogP contribution is -2.29. The van der Waals surface area contributed by atoms with Crippen LogP contribution in [-0.2, 0) is 9.59 Å². The predicted molar refractivity (Wildman–Crippen MR) is 135 cm³/mol. The van der Waals surface area contributed by atoms with E-state index in [1.807, 2.05) is 0 Å². The molecule has 1 amide bonds. The summed E-state index contributed by atoms with van der Waals surface area (Å²) < 4.78 is 33.4. The molecule has 11 heteroatoms. The van der Waals surface area contributed by atoms with Crippen LogP contribution in [0.1, 0.15) is 24.1 Å². The van der Waals surface area contributed by atoms with Gasteiger partial charge in [0.1, 0.15) is 17.3 Å². The summed E-state index contributed by atoms with van der Waals surface area (Å²) in [5, 5.41) is 21.2. The monoisotopic (exact) mass is 542 g/mol. The standard InChI is InChI=1S/C26H17ClF2N2O5S/c1-2-36-14-7-8-16(27)15(9-14)23(33)21-22(12-3-5-13(32)6-4-12)31(25(35)24(21)34)26-30-19-10-17(28)18(29)11-20(19)37-26/h3-11,22,32-33H,2H2,1H3/b23-21+. The van der Waals surface area contributed by atoms with Gasteiger partial charge in [0.15, 0.2) is 16.8 Å². The Labute approximate surface area is 217 Å². The van der Waals surface area contributed by atoms with Crippen LogP contribution in [0.3, 0.4) is 0 Å². The zero-order chi connectivity index (χ0) is 26.4. The third-order valence-corrected chi connectivity index (χ3v) is 7.13. The number of fused-ring (bicyclic) bond motifs is 1. The fourth-order valence-electron chi connectivity index (χ4n) is 4.10. The highest BCUT2D eigenvalue weighted by molar-refractivity contribution is 7.22. The van der Waals surface area contributed by atoms with Crippen molar-refractivity contribution in [1.82, 2.24) is 4.98 Å². The minimum absolute atomic E-state index is 0.00612. The first-order valence-corrected chi connectivity index (χ1v) is 12.2. The molecular weight excluding hydrogens is 526 g/mol. The molecule has 0 radical (unpaired) electrons. The van der Waals surface area contributed by atoms with Gasteiger partial charge >= 0.3 is 5.91 Å². The largest absolute Gasteiger partial charge is 0.508 e. The second-order valence-corrected chi connectivity index (χ2v) is 9.48. The van der Waals surface area contributed by atoms with Crippen LogP contribution < -0.4 is 9.64 Å². The van der Waals surface area contributed by atoms with Crippen molar-refractivity contribution in [2.75, 3.05) is 11.5 Å². The van der Waals surface area contributed by atoms with Gasteiger partial charge in [-0.2, -0.15) is 0 Å². The van der Waals surface area contributed by atoms with E-state index in [0.29, 0.717) is 17.9 Å². The van der Waals surface area contributed by atoms with E-state index in [2.05, 4.69) is 4.98 Å². The van der Waals surface area contributed by atoms with Gasteiger partial charge in [-0.1, -0.05) is 35.1 Å². The van der Waals surface area contributed by atoms with Crippen molar-refractivity contribution < 1.29 is 33.3 Å². The number of ketones is 1. The number of phenols is 1. The van der Waals surface area contributed by atoms with Crippen LogP contribution >= 0.6 is 22.9 Å². The summed E-state index contributed by atoms with van der Waals surface area (Å²) in [5.41, 5.74) is 0.260. The van der Waals surface area contributed by atoms with E-state index in [0.717, 1.165) is 28.4 Å². The van der Waals surface area contributed by atoms with Gasteiger partial charge in [-0.05, 0) is 48.9 Å². The molecule has 1 fully saturated rings. The Morgan fingerprint density at radius 1 is 1.11 bits per heavy atom. The van der Waals surface area contributed by atoms with Gasteiger partial charge in [0, 0.05) is 11.6 Å². The van der Waals surface area contributed by atoms with Crippen LogP contribution in [0.15, 0.2) is 60.2 Å². The second kappa shape index (κ2) is 9.45. The fraction of sp³-hybridized carbons (Fsp3) is 0.115. The van der Waals surface area contributed by atoms with Crippen LogP contribution in [-0.4, -0.2) is 33.5 Å². The SMILES string of the molecule is CCOc1ccc(Cl)c(/C(O)=C2\C(=O)C(=O)N(c3nc4cc(F)c(F)cc4s3)C2c2ccc(O)cc2)c1. The number of rotatable bonds is 5. The third kappa shape index (κ3) is 4.28. The summed E-state index contributed by atoms with van der Waals surface area (Å²) in [7, 11) is 0. The van der Waals surface area contributed by atoms with Gasteiger partial charge in [0.05, 0.1) is 33.5 Å². The Balaban J connectivity index is 1.73. The molecular formula is C26H17ClF2N2O5S. The molecule has 7 nitrogen and oxygen atoms in total. The van der Waals surface area contributed by atoms with Gasteiger partial charge in [-0.15, -0.1) is 0 Å². The Hall–Kier alpha value is -4.02. The zero-order valence-electron chi connectivity index (χ0n) is 19.0. The number of thiazole rings is 1. The first-order chi connectivity index (χ1) is 17.7. The summed E-state index contributed by atoms with van der Waals surface area (Å²) in [6.07, 6.45) is 0. The molecule has 1 saturated heterocycles. The molecule has 188 valence electrons. The minimum atomic E-state index is -1.18. The lowest BCUT2D eigenvalue weighted by Gasteiger charge is -2.23. The molecule has 4 aromatic rings. The molecule has 1 atom stereocenters. The molecule has 1 aromatic heterocycles. The third-order valence-electron chi connectivity index (χ3n) is 5.78. The quantitative estimate of drug-likeness (QED) is 0.183. The molecule has 2 N–H and O–H groups in total. The van der Waals surface area contributed by atoms with Gasteiger partial charge < -0.3 is 14.9 Å². The zero-order valence-corrected chi connectivity index (χ0v) is 20.6. The normalized spacial score (nSPS) is 17.1. The highest BCUT2D eigenvalue weighted by Crippen LogP contribution is 2.45. The molecule has 0 bridgehead atoms. The average Bonchev–Trinajstić information content (AvgIpc) is 3.38. The first-order valence-electron chi connectivity index (χ1n) is 11.0. The number of anilines is 1. The number of aliphatic hydroxyl groups is 1. The number of ether oxygens (including phenoxy) is 1. The molecule has 37 heavy (non-hydrogen) atoms. The second-order valence-electron chi connectivity index (χ2n) is 8.07. The number of hydrogen-bond donors (Lipinski definition) is 2. The van der Waals surface area contributed by atoms with E-state index < -0.39 is 35.1 Å². The number of benzene rings is 3. The lowest BCUT2D eigenvalue weighted by molar-refractivity contribution is -0.132. The van der Waals surface area contributed by atoms with Crippen LogP contribution in [0, 0.1) is 11.6 Å². The number of nitrogens with zero attached hydrogens (tertiary/aromatic N) is 2. The van der Waals surface area contributed by atoms with E-state index in [9.17, 15) is 28.6 Å². The number of Topliss-reactive ketones (excluding diaryl/α,β-unsaturated/α-hetero) is 1. The van der Waals surface area contributed by atoms with E-state index >= 15 is 0 Å². The summed E-state index contributed by atoms with van der Waals surface area (Å²) in [6, 6.07) is 10.9. The molecule has 1 aliphatic heterocycles. The molecule has 1 unspecified atom stereocenters. The smallest absolute Gasteiger partial charge is 0.301 e. The Morgan fingerprint density at radius 3 is 2.51 bits per heavy atom. The summed E-state index contributed by atoms with van der Waals surface area (Å²) in [5.74, 6) is -4.40. The number of amides is 1. The topological polar surface area (TPSA) is 100.0 Å². The number of halogens is 3. The molecule has 2 heterocycles. The lowest BCUT2D eigenvalue weighted by atomic mass is 9.95. The summed E-state index contributed by atoms with van der Waals surface area (Å²) >= 11 is 7.21. The molecule has 0 spiro atoms. The van der Waals surface area contributed by atoms with Crippen molar-refractivity contribution in [1.29, 1.82) is 0 Å². The fourth-order valence-corrected chi connectivity index (χ4v) is 5.31. The first kappa shape index (κ1) is 24.7. The summed E-state index contributed by atoms with van der Waals surface area (Å²) in [4.78, 5) is 32.0. The van der Waals surface area contributed by atoms with Crippen LogP contribution in [0.5, 0.6) is 11.5 Å². The highest BCUT2D eigenvalue weighted by Gasteiger charge is 2.48. The molecule has 0 aliphatic carbocycles. The molecule has 3 aromatic carbocycles. The Bertz CT molecular complexity index is 1560. The molecule has 5 rings (SSSR count). The Kier molecular flexibility index (Phi) is 6.30. The van der Waals surface area contributed by atoms with Crippen molar-refractivity contribution in [2.24, 2.45) is 0 Å². The van der Waals surface area contributed by atoms with Crippen molar-refractivity contribution >= 4 is 55.7 Å². The summed E-state index contributed by atoms with van der Waals surface area (Å²) in [6.45, 7) is 2.12. The number of aromatic nitrogens is 1.